The minimum Gasteiger partial charge on any atom is -0.507 e. The molecule has 0 saturated heterocycles. The van der Waals surface area contributed by atoms with Gasteiger partial charge in [0.1, 0.15) is 5.75 Å². The van der Waals surface area contributed by atoms with E-state index in [1.165, 1.54) is 0 Å². The van der Waals surface area contributed by atoms with Gasteiger partial charge in [0, 0.05) is 11.1 Å². The number of aromatic nitrogens is 2. The van der Waals surface area contributed by atoms with Crippen molar-refractivity contribution in [1.82, 2.24) is 10.2 Å². The number of hydrogen-bond donors (Lipinski definition) is 3. The average molecular weight is 188 g/mol. The number of hydrogen-bond acceptors (Lipinski definition) is 1. The number of benzene rings is 1. The summed E-state index contributed by atoms with van der Waals surface area (Å²) in [4.78, 5) is 0. The maximum atomic E-state index is 9.73. The van der Waals surface area contributed by atoms with Crippen LogP contribution in [0, 0.1) is 6.92 Å². The first kappa shape index (κ1) is 8.69. The van der Waals surface area contributed by atoms with E-state index in [0.29, 0.717) is 0 Å². The molecule has 0 spiro atoms. The van der Waals surface area contributed by atoms with Gasteiger partial charge in [-0.15, -0.1) is 0 Å². The molecule has 0 atom stereocenters. The standard InChI is InChI=1S/C11H12N2O/c1-8-6-7-11(14)9-4-2-3-5-10(9)13-12-8/h2-7,12-14H,1H3. The largest absolute Gasteiger partial charge is 0.507 e. The first-order chi connectivity index (χ1) is 6.77. The zero-order chi connectivity index (χ0) is 9.97. The van der Waals surface area contributed by atoms with Crippen LogP contribution in [0.2, 0.25) is 0 Å². The molecule has 3 nitrogen and oxygen atoms in total. The topological polar surface area (TPSA) is 51.8 Å². The third-order valence-corrected chi connectivity index (χ3v) is 2.09. The molecule has 3 N–H and O–H groups in total. The molecule has 3 heteroatoms. The lowest BCUT2D eigenvalue weighted by Gasteiger charge is -1.98. The Morgan fingerprint density at radius 3 is 2.64 bits per heavy atom. The molecule has 0 amide bonds. The van der Waals surface area contributed by atoms with Crippen molar-refractivity contribution in [2.45, 2.75) is 6.92 Å². The number of fused-ring (bicyclic) bond motifs is 1. The average Bonchev–Trinajstić information content (AvgIpc) is 2.21. The summed E-state index contributed by atoms with van der Waals surface area (Å²) in [5.74, 6) is 0.272. The second-order valence-corrected chi connectivity index (χ2v) is 3.20. The van der Waals surface area contributed by atoms with Crippen molar-refractivity contribution in [2.75, 3.05) is 0 Å². The highest BCUT2D eigenvalue weighted by atomic mass is 16.3. The highest BCUT2D eigenvalue weighted by Gasteiger charge is 1.94. The molecule has 0 radical (unpaired) electrons. The Balaban J connectivity index is 2.88. The Morgan fingerprint density at radius 2 is 1.79 bits per heavy atom. The van der Waals surface area contributed by atoms with Crippen molar-refractivity contribution in [3.63, 3.8) is 0 Å². The molecule has 2 rings (SSSR count). The van der Waals surface area contributed by atoms with E-state index < -0.39 is 0 Å². The summed E-state index contributed by atoms with van der Waals surface area (Å²) in [6, 6.07) is 11.1. The normalized spacial score (nSPS) is 10.1. The predicted molar refractivity (Wildman–Crippen MR) is 56.7 cm³/mol. The minimum atomic E-state index is 0.272. The highest BCUT2D eigenvalue weighted by Crippen LogP contribution is 2.19. The van der Waals surface area contributed by atoms with Gasteiger partial charge in [-0.25, -0.2) is 0 Å². The van der Waals surface area contributed by atoms with E-state index in [4.69, 9.17) is 0 Å². The Morgan fingerprint density at radius 1 is 1.00 bits per heavy atom. The lowest BCUT2D eigenvalue weighted by molar-refractivity contribution is 0.481. The Labute approximate surface area is 81.7 Å². The van der Waals surface area contributed by atoms with Gasteiger partial charge >= 0.3 is 0 Å². The summed E-state index contributed by atoms with van der Waals surface area (Å²) >= 11 is 0. The zero-order valence-electron chi connectivity index (χ0n) is 7.91. The Bertz CT molecular complexity index is 495. The summed E-state index contributed by atoms with van der Waals surface area (Å²) in [6.07, 6.45) is 0. The van der Waals surface area contributed by atoms with Gasteiger partial charge in [0.15, 0.2) is 0 Å². The summed E-state index contributed by atoms with van der Waals surface area (Å²) in [5, 5.41) is 16.6. The van der Waals surface area contributed by atoms with Gasteiger partial charge in [0.05, 0.1) is 5.52 Å². The van der Waals surface area contributed by atoms with Crippen molar-refractivity contribution in [3.05, 3.63) is 42.1 Å². The van der Waals surface area contributed by atoms with Gasteiger partial charge in [0.25, 0.3) is 0 Å². The Kier molecular flexibility index (Phi) is 2.14. The van der Waals surface area contributed by atoms with Gasteiger partial charge in [-0.05, 0) is 31.2 Å². The van der Waals surface area contributed by atoms with Crippen LogP contribution in [0.4, 0.5) is 0 Å². The van der Waals surface area contributed by atoms with Gasteiger partial charge < -0.3 is 15.3 Å². The van der Waals surface area contributed by atoms with Crippen molar-refractivity contribution in [2.24, 2.45) is 0 Å². The van der Waals surface area contributed by atoms with E-state index in [1.54, 1.807) is 6.07 Å². The van der Waals surface area contributed by atoms with Crippen LogP contribution in [-0.4, -0.2) is 15.3 Å². The van der Waals surface area contributed by atoms with Crippen LogP contribution in [0.5, 0.6) is 5.75 Å². The van der Waals surface area contributed by atoms with E-state index in [1.807, 2.05) is 37.3 Å². The van der Waals surface area contributed by atoms with Crippen molar-refractivity contribution >= 4 is 10.9 Å². The van der Waals surface area contributed by atoms with Crippen LogP contribution in [0.1, 0.15) is 5.69 Å². The fourth-order valence-electron chi connectivity index (χ4n) is 1.32. The van der Waals surface area contributed by atoms with E-state index in [2.05, 4.69) is 10.2 Å². The molecule has 0 saturated carbocycles. The molecule has 0 fully saturated rings. The number of para-hydroxylation sites is 1. The number of aromatic hydroxyl groups is 1. The molecule has 1 aromatic heterocycles. The maximum absolute atomic E-state index is 9.73. The monoisotopic (exact) mass is 188 g/mol. The molecule has 1 heterocycles. The minimum absolute atomic E-state index is 0.272. The Hall–Kier alpha value is -1.90. The molecule has 72 valence electrons. The van der Waals surface area contributed by atoms with Crippen LogP contribution < -0.4 is 0 Å². The number of aromatic amines is 2. The van der Waals surface area contributed by atoms with Gasteiger partial charge in [0.2, 0.25) is 0 Å². The maximum Gasteiger partial charge on any atom is 0.125 e. The molecule has 0 unspecified atom stereocenters. The van der Waals surface area contributed by atoms with E-state index in [-0.39, 0.29) is 5.75 Å². The number of nitrogens with one attached hydrogen (secondary N) is 2. The van der Waals surface area contributed by atoms with Crippen molar-refractivity contribution < 1.29 is 5.11 Å². The van der Waals surface area contributed by atoms with Crippen LogP contribution in [0.3, 0.4) is 0 Å². The molecule has 0 aliphatic rings. The van der Waals surface area contributed by atoms with E-state index >= 15 is 0 Å². The summed E-state index contributed by atoms with van der Waals surface area (Å²) in [5.41, 5.74) is 1.82. The van der Waals surface area contributed by atoms with Crippen LogP contribution >= 0.6 is 0 Å². The first-order valence-electron chi connectivity index (χ1n) is 4.46. The molecule has 0 aliphatic heterocycles. The number of rotatable bonds is 0. The van der Waals surface area contributed by atoms with E-state index in [0.717, 1.165) is 16.6 Å². The summed E-state index contributed by atoms with van der Waals surface area (Å²) in [7, 11) is 0. The number of aryl methyl sites for hydroxylation is 1. The summed E-state index contributed by atoms with van der Waals surface area (Å²) < 4.78 is 0. The third kappa shape index (κ3) is 1.57. The van der Waals surface area contributed by atoms with Crippen LogP contribution in [0.25, 0.3) is 10.9 Å². The number of H-pyrrole nitrogens is 2. The highest BCUT2D eigenvalue weighted by molar-refractivity contribution is 5.83. The third-order valence-electron chi connectivity index (χ3n) is 2.09. The molecule has 2 aromatic rings. The van der Waals surface area contributed by atoms with Crippen molar-refractivity contribution in [3.8, 4) is 5.75 Å². The second-order valence-electron chi connectivity index (χ2n) is 3.20. The fourth-order valence-corrected chi connectivity index (χ4v) is 1.32. The quantitative estimate of drug-likeness (QED) is 0.584. The van der Waals surface area contributed by atoms with Crippen LogP contribution in [0.15, 0.2) is 36.4 Å². The molecular weight excluding hydrogens is 176 g/mol. The summed E-state index contributed by atoms with van der Waals surface area (Å²) in [6.45, 7) is 1.92. The zero-order valence-corrected chi connectivity index (χ0v) is 7.91. The van der Waals surface area contributed by atoms with Crippen LogP contribution in [-0.2, 0) is 0 Å². The lowest BCUT2D eigenvalue weighted by atomic mass is 10.2. The van der Waals surface area contributed by atoms with Gasteiger partial charge in [-0.2, -0.15) is 0 Å². The van der Waals surface area contributed by atoms with Crippen molar-refractivity contribution in [1.29, 1.82) is 0 Å². The van der Waals surface area contributed by atoms with Gasteiger partial charge in [-0.1, -0.05) is 12.1 Å². The predicted octanol–water partition coefficient (Wildman–Crippen LogP) is 2.63. The molecule has 0 aliphatic carbocycles. The van der Waals surface area contributed by atoms with E-state index in [9.17, 15) is 5.11 Å². The lowest BCUT2D eigenvalue weighted by Crippen LogP contribution is -1.83. The molecule has 14 heavy (non-hydrogen) atoms. The first-order valence-corrected chi connectivity index (χ1v) is 4.46. The molecular formula is C11H12N2O. The molecule has 1 aromatic carbocycles. The van der Waals surface area contributed by atoms with Gasteiger partial charge in [-0.3, -0.25) is 0 Å². The smallest absolute Gasteiger partial charge is 0.125 e. The molecule has 0 bridgehead atoms. The second kappa shape index (κ2) is 3.46. The fraction of sp³-hybridized carbons (Fsp3) is 0.0909. The SMILES string of the molecule is Cc1ccc(O)c2ccccc2[nH][nH]1.